The Hall–Kier alpha value is -1.83. The van der Waals surface area contributed by atoms with Crippen molar-refractivity contribution in [2.24, 2.45) is 0 Å². The predicted octanol–water partition coefficient (Wildman–Crippen LogP) is -1.07. The summed E-state index contributed by atoms with van der Waals surface area (Å²) in [4.78, 5) is 25.0. The Kier molecular flexibility index (Phi) is 1.38. The Balaban J connectivity index is 3.53. The van der Waals surface area contributed by atoms with Gasteiger partial charge in [-0.2, -0.15) is 5.26 Å². The van der Waals surface area contributed by atoms with Crippen LogP contribution < -0.4 is 11.2 Å². The third-order valence-electron chi connectivity index (χ3n) is 0.940. The Morgan fingerprint density at radius 3 is 2.70 bits per heavy atom. The maximum atomic E-state index is 10.6. The molecule has 0 aliphatic heterocycles. The molecule has 5 heteroatoms. The number of aromatic amines is 2. The summed E-state index contributed by atoms with van der Waals surface area (Å²) < 4.78 is 0. The second-order valence-corrected chi connectivity index (χ2v) is 1.60. The molecule has 1 aromatic rings. The summed E-state index contributed by atoms with van der Waals surface area (Å²) >= 11 is 0. The van der Waals surface area contributed by atoms with Crippen LogP contribution >= 0.6 is 0 Å². The molecule has 0 aliphatic carbocycles. The molecular formula is C5H3N3O2. The Morgan fingerprint density at radius 2 is 2.20 bits per heavy atom. The smallest absolute Gasteiger partial charge is 0.313 e. The highest BCUT2D eigenvalue weighted by molar-refractivity contribution is 5.20. The summed E-state index contributed by atoms with van der Waals surface area (Å²) in [6.07, 6.45) is 1.07. The van der Waals surface area contributed by atoms with Gasteiger partial charge < -0.3 is 4.98 Å². The van der Waals surface area contributed by atoms with Crippen LogP contribution in [0.4, 0.5) is 0 Å². The number of hydrogen-bond acceptors (Lipinski definition) is 3. The standard InChI is InChI=1S/C5H3N3O2/c6-1-3-2-7-5(10)8-4(3)9/h2H,(H2,7,8,9,10). The number of rotatable bonds is 0. The normalized spacial score (nSPS) is 8.70. The van der Waals surface area contributed by atoms with Gasteiger partial charge in [-0.3, -0.25) is 9.78 Å². The van der Waals surface area contributed by atoms with Gasteiger partial charge in [0.2, 0.25) is 0 Å². The van der Waals surface area contributed by atoms with E-state index in [1.54, 1.807) is 6.07 Å². The molecular weight excluding hydrogens is 134 g/mol. The predicted molar refractivity (Wildman–Crippen MR) is 32.4 cm³/mol. The second-order valence-electron chi connectivity index (χ2n) is 1.60. The van der Waals surface area contributed by atoms with E-state index in [0.29, 0.717) is 0 Å². The summed E-state index contributed by atoms with van der Waals surface area (Å²) in [5.74, 6) is 0. The Labute approximate surface area is 55.0 Å². The lowest BCUT2D eigenvalue weighted by Crippen LogP contribution is -2.23. The monoisotopic (exact) mass is 137 g/mol. The molecule has 0 fully saturated rings. The van der Waals surface area contributed by atoms with Crippen LogP contribution in [0.5, 0.6) is 0 Å². The Morgan fingerprint density at radius 1 is 1.50 bits per heavy atom. The molecule has 1 heterocycles. The highest BCUT2D eigenvalue weighted by Gasteiger charge is 1.94. The van der Waals surface area contributed by atoms with E-state index >= 15 is 0 Å². The highest BCUT2D eigenvalue weighted by Crippen LogP contribution is 1.75. The van der Waals surface area contributed by atoms with Crippen molar-refractivity contribution in [3.63, 3.8) is 0 Å². The van der Waals surface area contributed by atoms with Crippen molar-refractivity contribution < 1.29 is 0 Å². The fourth-order valence-corrected chi connectivity index (χ4v) is 0.493. The molecule has 0 aliphatic rings. The van der Waals surface area contributed by atoms with Crippen molar-refractivity contribution in [3.05, 3.63) is 32.6 Å². The summed E-state index contributed by atoms with van der Waals surface area (Å²) in [6.45, 7) is 0. The number of nitriles is 1. The molecule has 0 atom stereocenters. The maximum absolute atomic E-state index is 10.6. The molecule has 5 nitrogen and oxygen atoms in total. The van der Waals surface area contributed by atoms with E-state index < -0.39 is 11.2 Å². The fraction of sp³-hybridized carbons (Fsp3) is 0. The van der Waals surface area contributed by atoms with Gasteiger partial charge >= 0.3 is 5.69 Å². The van der Waals surface area contributed by atoms with Gasteiger partial charge in [-0.1, -0.05) is 0 Å². The van der Waals surface area contributed by atoms with Crippen molar-refractivity contribution in [2.45, 2.75) is 0 Å². The molecule has 1 aromatic heterocycles. The van der Waals surface area contributed by atoms with Crippen molar-refractivity contribution in [1.29, 1.82) is 5.26 Å². The van der Waals surface area contributed by atoms with Crippen molar-refractivity contribution in [1.82, 2.24) is 9.97 Å². The maximum Gasteiger partial charge on any atom is 0.325 e. The largest absolute Gasteiger partial charge is 0.325 e. The molecule has 0 amide bonds. The molecule has 0 aromatic carbocycles. The molecule has 0 saturated heterocycles. The molecule has 50 valence electrons. The van der Waals surface area contributed by atoms with Gasteiger partial charge in [0.15, 0.2) is 0 Å². The fourth-order valence-electron chi connectivity index (χ4n) is 0.493. The zero-order chi connectivity index (χ0) is 7.56. The van der Waals surface area contributed by atoms with Gasteiger partial charge in [0.05, 0.1) is 0 Å². The summed E-state index contributed by atoms with van der Waals surface area (Å²) in [6, 6.07) is 1.61. The lowest BCUT2D eigenvalue weighted by atomic mass is 10.4. The van der Waals surface area contributed by atoms with Crippen LogP contribution in [-0.4, -0.2) is 9.97 Å². The minimum absolute atomic E-state index is 0.0976. The lowest BCUT2D eigenvalue weighted by Gasteiger charge is -1.82. The zero-order valence-electron chi connectivity index (χ0n) is 4.84. The van der Waals surface area contributed by atoms with Crippen LogP contribution in [-0.2, 0) is 0 Å². The first kappa shape index (κ1) is 6.29. The Bertz CT molecular complexity index is 381. The van der Waals surface area contributed by atoms with E-state index in [-0.39, 0.29) is 5.56 Å². The van der Waals surface area contributed by atoms with E-state index in [9.17, 15) is 9.59 Å². The average molecular weight is 137 g/mol. The molecule has 0 bridgehead atoms. The summed E-state index contributed by atoms with van der Waals surface area (Å²) in [5, 5.41) is 8.22. The van der Waals surface area contributed by atoms with E-state index in [1.807, 2.05) is 4.98 Å². The third-order valence-corrected chi connectivity index (χ3v) is 0.940. The van der Waals surface area contributed by atoms with Gasteiger partial charge in [0.25, 0.3) is 5.56 Å². The van der Waals surface area contributed by atoms with Crippen molar-refractivity contribution in [2.75, 3.05) is 0 Å². The summed E-state index contributed by atoms with van der Waals surface area (Å²) in [5.41, 5.74) is -1.37. The molecule has 0 spiro atoms. The van der Waals surface area contributed by atoms with Crippen LogP contribution in [0, 0.1) is 11.3 Å². The lowest BCUT2D eigenvalue weighted by molar-refractivity contribution is 1.02. The van der Waals surface area contributed by atoms with Crippen LogP contribution in [0.2, 0.25) is 0 Å². The average Bonchev–Trinajstić information content (AvgIpc) is 1.88. The zero-order valence-corrected chi connectivity index (χ0v) is 4.84. The number of nitrogens with zero attached hydrogens (tertiary/aromatic N) is 1. The molecule has 2 N–H and O–H groups in total. The quantitative estimate of drug-likeness (QED) is 0.477. The molecule has 10 heavy (non-hydrogen) atoms. The number of H-pyrrole nitrogens is 2. The van der Waals surface area contributed by atoms with Gasteiger partial charge in [0.1, 0.15) is 11.6 Å². The van der Waals surface area contributed by atoms with Gasteiger partial charge in [-0.25, -0.2) is 4.79 Å². The number of aromatic nitrogens is 2. The highest BCUT2D eigenvalue weighted by atomic mass is 16.2. The first-order valence-corrected chi connectivity index (χ1v) is 2.46. The van der Waals surface area contributed by atoms with Gasteiger partial charge in [0, 0.05) is 6.20 Å². The van der Waals surface area contributed by atoms with Crippen LogP contribution in [0.25, 0.3) is 0 Å². The third kappa shape index (κ3) is 0.951. The van der Waals surface area contributed by atoms with Crippen LogP contribution in [0.15, 0.2) is 15.8 Å². The van der Waals surface area contributed by atoms with E-state index in [1.165, 1.54) is 0 Å². The molecule has 0 unspecified atom stereocenters. The van der Waals surface area contributed by atoms with Crippen molar-refractivity contribution in [3.8, 4) is 6.07 Å². The van der Waals surface area contributed by atoms with E-state index in [4.69, 9.17) is 5.26 Å². The second kappa shape index (κ2) is 2.19. The topological polar surface area (TPSA) is 89.5 Å². The van der Waals surface area contributed by atoms with Crippen molar-refractivity contribution >= 4 is 0 Å². The van der Waals surface area contributed by atoms with Crippen LogP contribution in [0.1, 0.15) is 5.56 Å². The van der Waals surface area contributed by atoms with E-state index in [2.05, 4.69) is 4.98 Å². The molecule has 0 saturated carbocycles. The summed E-state index contributed by atoms with van der Waals surface area (Å²) in [7, 11) is 0. The number of hydrogen-bond donors (Lipinski definition) is 2. The van der Waals surface area contributed by atoms with Gasteiger partial charge in [-0.15, -0.1) is 0 Å². The SMILES string of the molecule is N#Cc1c[nH]c(=O)[nH]c1=O. The van der Waals surface area contributed by atoms with E-state index in [0.717, 1.165) is 6.20 Å². The minimum atomic E-state index is -0.661. The van der Waals surface area contributed by atoms with Crippen LogP contribution in [0.3, 0.4) is 0 Å². The first-order valence-electron chi connectivity index (χ1n) is 2.46. The molecule has 0 radical (unpaired) electrons. The number of nitrogens with one attached hydrogen (secondary N) is 2. The first-order chi connectivity index (χ1) is 4.74. The molecule has 1 rings (SSSR count). The minimum Gasteiger partial charge on any atom is -0.313 e. The van der Waals surface area contributed by atoms with Gasteiger partial charge in [-0.05, 0) is 0 Å².